The van der Waals surface area contributed by atoms with Gasteiger partial charge in [0.05, 0.1) is 22.9 Å². The molecule has 4 aromatic rings. The monoisotopic (exact) mass is 501 g/mol. The Kier molecular flexibility index (Phi) is 7.90. The predicted molar refractivity (Wildman–Crippen MR) is 149 cm³/mol. The first kappa shape index (κ1) is 24.8. The van der Waals surface area contributed by atoms with Gasteiger partial charge in [-0.15, -0.1) is 0 Å². The lowest BCUT2D eigenvalue weighted by atomic mass is 9.93. The first-order valence-electron chi connectivity index (χ1n) is 12.9. The Bertz CT molecular complexity index is 1300. The van der Waals surface area contributed by atoms with Crippen LogP contribution >= 0.6 is 11.3 Å². The highest BCUT2D eigenvalue weighted by atomic mass is 32.1. The largest absolute Gasteiger partial charge is 0.377 e. The fourth-order valence-corrected chi connectivity index (χ4v) is 5.86. The number of rotatable bonds is 8. The van der Waals surface area contributed by atoms with E-state index in [0.29, 0.717) is 12.0 Å². The summed E-state index contributed by atoms with van der Waals surface area (Å²) in [6, 6.07) is 14.9. The fraction of sp³-hybridized carbons (Fsp3) is 0.414. The molecule has 0 bridgehead atoms. The van der Waals surface area contributed by atoms with Crippen molar-refractivity contribution < 1.29 is 4.74 Å². The van der Waals surface area contributed by atoms with Crippen LogP contribution < -0.4 is 5.32 Å². The van der Waals surface area contributed by atoms with Crippen LogP contribution in [-0.4, -0.2) is 52.2 Å². The van der Waals surface area contributed by atoms with Gasteiger partial charge in [0.1, 0.15) is 5.82 Å². The first-order valence-corrected chi connectivity index (χ1v) is 13.8. The van der Waals surface area contributed by atoms with Crippen molar-refractivity contribution in [2.45, 2.75) is 52.1 Å². The third kappa shape index (κ3) is 6.09. The maximum atomic E-state index is 5.76. The number of likely N-dealkylation sites (tertiary alicyclic amines) is 1. The van der Waals surface area contributed by atoms with Crippen LogP contribution in [0.15, 0.2) is 54.9 Å². The van der Waals surface area contributed by atoms with E-state index < -0.39 is 0 Å². The molecule has 1 fully saturated rings. The quantitative estimate of drug-likeness (QED) is 0.286. The summed E-state index contributed by atoms with van der Waals surface area (Å²) in [7, 11) is 0. The second kappa shape index (κ2) is 11.5. The minimum absolute atomic E-state index is 0.301. The number of aryl methyl sites for hydroxylation is 1. The van der Waals surface area contributed by atoms with Crippen molar-refractivity contribution in [3.05, 3.63) is 66.1 Å². The number of aromatic nitrogens is 3. The number of hydrogen-bond acceptors (Lipinski definition) is 7. The van der Waals surface area contributed by atoms with E-state index >= 15 is 0 Å². The van der Waals surface area contributed by atoms with Gasteiger partial charge in [-0.2, -0.15) is 0 Å². The molecule has 1 saturated heterocycles. The van der Waals surface area contributed by atoms with E-state index in [1.54, 1.807) is 11.3 Å². The maximum absolute atomic E-state index is 5.76. The highest BCUT2D eigenvalue weighted by molar-refractivity contribution is 7.22. The van der Waals surface area contributed by atoms with Gasteiger partial charge in [-0.25, -0.2) is 9.97 Å². The van der Waals surface area contributed by atoms with E-state index in [2.05, 4.69) is 70.4 Å². The van der Waals surface area contributed by atoms with Gasteiger partial charge < -0.3 is 15.0 Å². The van der Waals surface area contributed by atoms with Crippen LogP contribution in [0.5, 0.6) is 0 Å². The zero-order chi connectivity index (χ0) is 24.9. The summed E-state index contributed by atoms with van der Waals surface area (Å²) in [4.78, 5) is 16.4. The van der Waals surface area contributed by atoms with Gasteiger partial charge in [0, 0.05) is 30.2 Å². The smallest absolute Gasteiger partial charge is 0.189 e. The summed E-state index contributed by atoms with van der Waals surface area (Å²) < 4.78 is 6.91. The van der Waals surface area contributed by atoms with Crippen LogP contribution in [-0.2, 0) is 4.74 Å². The summed E-state index contributed by atoms with van der Waals surface area (Å²) >= 11 is 1.66. The van der Waals surface area contributed by atoms with Gasteiger partial charge in [-0.3, -0.25) is 4.98 Å². The average molecular weight is 502 g/mol. The molecule has 0 radical (unpaired) electrons. The average Bonchev–Trinajstić information content (AvgIpc) is 3.11. The number of anilines is 2. The predicted octanol–water partition coefficient (Wildman–Crippen LogP) is 6.80. The fourth-order valence-electron chi connectivity index (χ4n) is 4.94. The molecule has 1 N–H and O–H groups in total. The van der Waals surface area contributed by atoms with Crippen molar-refractivity contribution in [1.82, 2.24) is 19.9 Å². The molecule has 1 unspecified atom stereocenters. The third-order valence-electron chi connectivity index (χ3n) is 6.88. The minimum Gasteiger partial charge on any atom is -0.377 e. The molecule has 6 nitrogen and oxygen atoms in total. The maximum Gasteiger partial charge on any atom is 0.189 e. The molecular weight excluding hydrogens is 466 g/mol. The summed E-state index contributed by atoms with van der Waals surface area (Å²) in [6.07, 6.45) is 7.66. The van der Waals surface area contributed by atoms with Crippen molar-refractivity contribution >= 4 is 32.5 Å². The topological polar surface area (TPSA) is 63.2 Å². The van der Waals surface area contributed by atoms with Crippen molar-refractivity contribution in [2.75, 3.05) is 31.6 Å². The highest BCUT2D eigenvalue weighted by Gasteiger charge is 2.19. The van der Waals surface area contributed by atoms with Gasteiger partial charge in [-0.05, 0) is 100 Å². The molecule has 1 aliphatic rings. The number of nitrogens with one attached hydrogen (secondary N) is 1. The Morgan fingerprint density at radius 2 is 2.00 bits per heavy atom. The van der Waals surface area contributed by atoms with Crippen molar-refractivity contribution in [1.29, 1.82) is 0 Å². The molecule has 188 valence electrons. The lowest BCUT2D eigenvalue weighted by Gasteiger charge is -2.21. The van der Waals surface area contributed by atoms with E-state index in [4.69, 9.17) is 9.72 Å². The van der Waals surface area contributed by atoms with E-state index in [1.165, 1.54) is 30.4 Å². The van der Waals surface area contributed by atoms with Gasteiger partial charge in [0.15, 0.2) is 5.13 Å². The number of nitrogens with zero attached hydrogens (tertiary/aromatic N) is 4. The number of ether oxygens (including phenoxy) is 1. The standard InChI is InChI=1S/C29H35N5OS/c1-20(2)35-17-16-34-14-5-6-22(11-15-34)23-10-13-31-28(19-23)33-29-32-26-9-8-24(18-27(26)36-29)25-7-4-12-30-21(25)3/h4,7-10,12-13,18-20,22H,5-6,11,14-17H2,1-3H3,(H,31,32,33). The summed E-state index contributed by atoms with van der Waals surface area (Å²) in [6.45, 7) is 10.4. The van der Waals surface area contributed by atoms with E-state index in [-0.39, 0.29) is 0 Å². The molecule has 7 heteroatoms. The van der Waals surface area contributed by atoms with E-state index in [1.807, 2.05) is 25.4 Å². The number of thiazole rings is 1. The Labute approximate surface area is 217 Å². The van der Waals surface area contributed by atoms with Crippen LogP contribution in [0, 0.1) is 6.92 Å². The number of fused-ring (bicyclic) bond motifs is 1. The van der Waals surface area contributed by atoms with Crippen molar-refractivity contribution in [3.63, 3.8) is 0 Å². The second-order valence-electron chi connectivity index (χ2n) is 9.83. The Hall–Kier alpha value is -2.87. The zero-order valence-corrected chi connectivity index (χ0v) is 22.2. The summed E-state index contributed by atoms with van der Waals surface area (Å²) in [5, 5.41) is 4.33. The number of hydrogen-bond donors (Lipinski definition) is 1. The van der Waals surface area contributed by atoms with Crippen LogP contribution in [0.25, 0.3) is 21.3 Å². The molecule has 0 saturated carbocycles. The minimum atomic E-state index is 0.301. The van der Waals surface area contributed by atoms with Gasteiger partial charge >= 0.3 is 0 Å². The molecule has 4 heterocycles. The van der Waals surface area contributed by atoms with Crippen molar-refractivity contribution in [3.8, 4) is 11.1 Å². The van der Waals surface area contributed by atoms with Crippen LogP contribution in [0.1, 0.15) is 50.3 Å². The molecule has 1 aliphatic heterocycles. The van der Waals surface area contributed by atoms with Crippen LogP contribution in [0.3, 0.4) is 0 Å². The molecule has 1 atom stereocenters. The number of benzene rings is 1. The third-order valence-corrected chi connectivity index (χ3v) is 7.81. The first-order chi connectivity index (χ1) is 17.5. The Balaban J connectivity index is 1.26. The Morgan fingerprint density at radius 1 is 1.08 bits per heavy atom. The summed E-state index contributed by atoms with van der Waals surface area (Å²) in [5.41, 5.74) is 5.72. The lowest BCUT2D eigenvalue weighted by Crippen LogP contribution is -2.29. The molecule has 3 aromatic heterocycles. The lowest BCUT2D eigenvalue weighted by molar-refractivity contribution is 0.0596. The van der Waals surface area contributed by atoms with Crippen LogP contribution in [0.4, 0.5) is 10.9 Å². The normalized spacial score (nSPS) is 16.9. The molecule has 5 rings (SSSR count). The van der Waals surface area contributed by atoms with Gasteiger partial charge in [0.2, 0.25) is 0 Å². The van der Waals surface area contributed by atoms with E-state index in [0.717, 1.165) is 58.7 Å². The summed E-state index contributed by atoms with van der Waals surface area (Å²) in [5.74, 6) is 1.42. The molecule has 1 aromatic carbocycles. The SMILES string of the molecule is Cc1ncccc1-c1ccc2nc(Nc3cc(C4CCCN(CCOC(C)C)CC4)ccn3)sc2c1. The molecule has 0 aliphatic carbocycles. The highest BCUT2D eigenvalue weighted by Crippen LogP contribution is 2.34. The molecular formula is C29H35N5OS. The zero-order valence-electron chi connectivity index (χ0n) is 21.4. The van der Waals surface area contributed by atoms with E-state index in [9.17, 15) is 0 Å². The Morgan fingerprint density at radius 3 is 2.86 bits per heavy atom. The number of pyridine rings is 2. The molecule has 36 heavy (non-hydrogen) atoms. The van der Waals surface area contributed by atoms with Crippen LogP contribution in [0.2, 0.25) is 0 Å². The molecule has 0 spiro atoms. The second-order valence-corrected chi connectivity index (χ2v) is 10.9. The van der Waals surface area contributed by atoms with Gasteiger partial charge in [0.25, 0.3) is 0 Å². The van der Waals surface area contributed by atoms with Crippen molar-refractivity contribution in [2.24, 2.45) is 0 Å². The van der Waals surface area contributed by atoms with Gasteiger partial charge in [-0.1, -0.05) is 23.5 Å². The molecule has 0 amide bonds.